The fourth-order valence-corrected chi connectivity index (χ4v) is 7.34. The predicted octanol–water partition coefficient (Wildman–Crippen LogP) is 2.74. The number of halogens is 1. The summed E-state index contributed by atoms with van der Waals surface area (Å²) in [6.45, 7) is 12.9. The summed E-state index contributed by atoms with van der Waals surface area (Å²) in [5.74, 6) is -1.82. The third-order valence-electron chi connectivity index (χ3n) is 7.99. The number of hydrogen-bond acceptors (Lipinski definition) is 5. The standard InChI is InChI=1S/C27H42BrN3O5/c1-6-12-18(4)30(14-8-3)26(35)23-27-17-19(28)22(36-27)20(24(33)29(5)13-7-2)21(27)25(34)31(23)15-10-9-11-16-32/h7-8,18-23,32H,2-3,6,9-17H2,1,4-5H3/t18?,19?,20-,21-,22-,23?,27?/m0/s1. The van der Waals surface area contributed by atoms with E-state index in [9.17, 15) is 19.5 Å². The third kappa shape index (κ3) is 5.03. The number of nitrogens with zero attached hydrogens (tertiary/aromatic N) is 3. The van der Waals surface area contributed by atoms with Crippen LogP contribution in [0.2, 0.25) is 0 Å². The monoisotopic (exact) mass is 567 g/mol. The highest BCUT2D eigenvalue weighted by Crippen LogP contribution is 2.60. The van der Waals surface area contributed by atoms with E-state index in [0.717, 1.165) is 19.3 Å². The minimum absolute atomic E-state index is 0.0168. The molecule has 1 spiro atoms. The Morgan fingerprint density at radius 2 is 1.94 bits per heavy atom. The zero-order valence-electron chi connectivity index (χ0n) is 21.9. The number of carbonyl (C=O) groups excluding carboxylic acids is 3. The molecular formula is C27H42BrN3O5. The van der Waals surface area contributed by atoms with Crippen molar-refractivity contribution in [3.05, 3.63) is 25.3 Å². The number of alkyl halides is 1. The van der Waals surface area contributed by atoms with Crippen LogP contribution in [0.4, 0.5) is 0 Å². The molecule has 0 saturated carbocycles. The van der Waals surface area contributed by atoms with E-state index in [2.05, 4.69) is 36.0 Å². The van der Waals surface area contributed by atoms with E-state index < -0.39 is 29.6 Å². The Labute approximate surface area is 223 Å². The van der Waals surface area contributed by atoms with Gasteiger partial charge in [0.25, 0.3) is 0 Å². The van der Waals surface area contributed by atoms with Crippen LogP contribution in [0, 0.1) is 11.8 Å². The van der Waals surface area contributed by atoms with E-state index in [1.165, 1.54) is 0 Å². The second kappa shape index (κ2) is 12.2. The fraction of sp³-hybridized carbons (Fsp3) is 0.741. The van der Waals surface area contributed by atoms with E-state index in [4.69, 9.17) is 4.74 Å². The molecule has 4 unspecified atom stereocenters. The zero-order chi connectivity index (χ0) is 26.6. The molecule has 202 valence electrons. The molecule has 0 aromatic rings. The van der Waals surface area contributed by atoms with E-state index >= 15 is 0 Å². The number of amides is 3. The van der Waals surface area contributed by atoms with E-state index in [1.807, 2.05) is 11.8 Å². The average molecular weight is 569 g/mol. The Hall–Kier alpha value is -1.71. The highest BCUT2D eigenvalue weighted by molar-refractivity contribution is 9.09. The number of unbranched alkanes of at least 4 members (excludes halogenated alkanes) is 2. The van der Waals surface area contributed by atoms with Crippen LogP contribution < -0.4 is 0 Å². The van der Waals surface area contributed by atoms with E-state index in [0.29, 0.717) is 38.9 Å². The molecule has 0 aliphatic carbocycles. The zero-order valence-corrected chi connectivity index (χ0v) is 23.5. The van der Waals surface area contributed by atoms with Crippen LogP contribution >= 0.6 is 15.9 Å². The van der Waals surface area contributed by atoms with Crippen molar-refractivity contribution in [2.24, 2.45) is 11.8 Å². The van der Waals surface area contributed by atoms with E-state index in [-0.39, 0.29) is 35.2 Å². The van der Waals surface area contributed by atoms with Crippen LogP contribution in [-0.4, -0.2) is 99.4 Å². The first kappa shape index (κ1) is 28.9. The molecular weight excluding hydrogens is 526 g/mol. The molecule has 3 rings (SSSR count). The molecule has 3 aliphatic heterocycles. The molecule has 3 amide bonds. The maximum atomic E-state index is 14.3. The Morgan fingerprint density at radius 1 is 1.25 bits per heavy atom. The molecule has 0 aromatic carbocycles. The Bertz CT molecular complexity index is 853. The average Bonchev–Trinajstić information content (AvgIpc) is 3.43. The van der Waals surface area contributed by atoms with Crippen molar-refractivity contribution in [2.45, 2.75) is 81.0 Å². The van der Waals surface area contributed by atoms with Crippen LogP contribution in [0.1, 0.15) is 52.4 Å². The molecule has 0 aromatic heterocycles. The summed E-state index contributed by atoms with van der Waals surface area (Å²) in [7, 11) is 1.71. The first-order chi connectivity index (χ1) is 17.2. The summed E-state index contributed by atoms with van der Waals surface area (Å²) in [6, 6.07) is -0.812. The maximum Gasteiger partial charge on any atom is 0.248 e. The second-order valence-electron chi connectivity index (χ2n) is 10.4. The van der Waals surface area contributed by atoms with Gasteiger partial charge in [0.2, 0.25) is 17.7 Å². The molecule has 3 fully saturated rings. The minimum atomic E-state index is -1.05. The van der Waals surface area contributed by atoms with Gasteiger partial charge in [-0.2, -0.15) is 0 Å². The van der Waals surface area contributed by atoms with Crippen molar-refractivity contribution in [3.8, 4) is 0 Å². The van der Waals surface area contributed by atoms with Crippen LogP contribution in [0.25, 0.3) is 0 Å². The fourth-order valence-electron chi connectivity index (χ4n) is 6.40. The number of ether oxygens (including phenoxy) is 1. The van der Waals surface area contributed by atoms with Crippen molar-refractivity contribution in [2.75, 3.05) is 33.3 Å². The lowest BCUT2D eigenvalue weighted by Crippen LogP contribution is -2.58. The number of fused-ring (bicyclic) bond motifs is 1. The topological polar surface area (TPSA) is 90.4 Å². The summed E-state index contributed by atoms with van der Waals surface area (Å²) in [5.41, 5.74) is -1.05. The molecule has 0 radical (unpaired) electrons. The normalized spacial score (nSPS) is 31.3. The first-order valence-corrected chi connectivity index (χ1v) is 14.1. The molecule has 2 bridgehead atoms. The van der Waals surface area contributed by atoms with Crippen molar-refractivity contribution >= 4 is 33.7 Å². The molecule has 1 N–H and O–H groups in total. The van der Waals surface area contributed by atoms with Gasteiger partial charge in [-0.25, -0.2) is 0 Å². The van der Waals surface area contributed by atoms with Crippen LogP contribution in [0.15, 0.2) is 25.3 Å². The Kier molecular flexibility index (Phi) is 9.80. The highest BCUT2D eigenvalue weighted by Gasteiger charge is 2.76. The molecule has 8 nitrogen and oxygen atoms in total. The van der Waals surface area contributed by atoms with Gasteiger partial charge in [-0.05, 0) is 39.0 Å². The lowest BCUT2D eigenvalue weighted by atomic mass is 9.70. The lowest BCUT2D eigenvalue weighted by molar-refractivity contribution is -0.149. The number of aliphatic hydroxyl groups excluding tert-OH is 1. The molecule has 9 heteroatoms. The smallest absolute Gasteiger partial charge is 0.248 e. The SMILES string of the molecule is C=CCN(C)C(=O)[C@H]1[C@H]2C(=O)N(CCCCCO)C(C(=O)N(CC=C)C(C)CCC)C23CC(Br)[C@@H]1O3. The van der Waals surface area contributed by atoms with Crippen LogP contribution in [0.5, 0.6) is 0 Å². The Morgan fingerprint density at radius 3 is 2.56 bits per heavy atom. The van der Waals surface area contributed by atoms with Gasteiger partial charge in [-0.1, -0.05) is 41.4 Å². The molecule has 36 heavy (non-hydrogen) atoms. The summed E-state index contributed by atoms with van der Waals surface area (Å²) in [4.78, 5) is 46.8. The van der Waals surface area contributed by atoms with Gasteiger partial charge in [0.05, 0.1) is 17.9 Å². The molecule has 3 aliphatic rings. The van der Waals surface area contributed by atoms with Gasteiger partial charge in [-0.15, -0.1) is 13.2 Å². The first-order valence-electron chi connectivity index (χ1n) is 13.2. The van der Waals surface area contributed by atoms with Gasteiger partial charge in [0.15, 0.2) is 0 Å². The highest BCUT2D eigenvalue weighted by atomic mass is 79.9. The van der Waals surface area contributed by atoms with E-state index in [1.54, 1.807) is 29.0 Å². The number of likely N-dealkylation sites (tertiary alicyclic amines) is 1. The summed E-state index contributed by atoms with van der Waals surface area (Å²) in [6.07, 6.45) is 7.23. The van der Waals surface area contributed by atoms with Crippen LogP contribution in [0.3, 0.4) is 0 Å². The van der Waals surface area contributed by atoms with Gasteiger partial charge in [-0.3, -0.25) is 14.4 Å². The molecule has 3 heterocycles. The number of hydrogen-bond donors (Lipinski definition) is 1. The van der Waals surface area contributed by atoms with Gasteiger partial charge in [0, 0.05) is 44.2 Å². The largest absolute Gasteiger partial charge is 0.396 e. The summed E-state index contributed by atoms with van der Waals surface area (Å²) < 4.78 is 6.59. The van der Waals surface area contributed by atoms with Gasteiger partial charge >= 0.3 is 0 Å². The predicted molar refractivity (Wildman–Crippen MR) is 142 cm³/mol. The van der Waals surface area contributed by atoms with Crippen molar-refractivity contribution in [1.82, 2.24) is 14.7 Å². The number of carbonyl (C=O) groups is 3. The summed E-state index contributed by atoms with van der Waals surface area (Å²) in [5, 5.41) is 9.21. The second-order valence-corrected chi connectivity index (χ2v) is 11.6. The van der Waals surface area contributed by atoms with Crippen molar-refractivity contribution in [3.63, 3.8) is 0 Å². The molecule has 7 atom stereocenters. The van der Waals surface area contributed by atoms with Crippen LogP contribution in [-0.2, 0) is 19.1 Å². The quantitative estimate of drug-likeness (QED) is 0.198. The number of likely N-dealkylation sites (N-methyl/N-ethyl adjacent to an activating group) is 1. The summed E-state index contributed by atoms with van der Waals surface area (Å²) >= 11 is 3.72. The van der Waals surface area contributed by atoms with Crippen molar-refractivity contribution in [1.29, 1.82) is 0 Å². The Balaban J connectivity index is 2.03. The third-order valence-corrected chi connectivity index (χ3v) is 8.84. The molecule has 3 saturated heterocycles. The van der Waals surface area contributed by atoms with Gasteiger partial charge < -0.3 is 24.5 Å². The number of aliphatic hydroxyl groups is 1. The van der Waals surface area contributed by atoms with Crippen molar-refractivity contribution < 1.29 is 24.2 Å². The lowest BCUT2D eigenvalue weighted by Gasteiger charge is -2.39. The van der Waals surface area contributed by atoms with Gasteiger partial charge in [0.1, 0.15) is 11.6 Å². The maximum absolute atomic E-state index is 14.3. The number of rotatable bonds is 14. The minimum Gasteiger partial charge on any atom is -0.396 e.